The van der Waals surface area contributed by atoms with Gasteiger partial charge in [0.05, 0.1) is 6.20 Å². The first kappa shape index (κ1) is 19.1. The Morgan fingerprint density at radius 2 is 1.52 bits per heavy atom. The van der Waals surface area contributed by atoms with E-state index in [0.717, 1.165) is 18.5 Å². The average Bonchev–Trinajstić information content (AvgIpc) is 3.21. The van der Waals surface area contributed by atoms with Gasteiger partial charge in [0.25, 0.3) is 0 Å². The fraction of sp³-hybridized carbons (Fsp3) is 0.240. The molecule has 3 aromatic heterocycles. The molecule has 0 aliphatic carbocycles. The summed E-state index contributed by atoms with van der Waals surface area (Å²) in [6.45, 7) is 5.35. The minimum Gasteiger partial charge on any atom is -0.272 e. The van der Waals surface area contributed by atoms with Crippen LogP contribution in [-0.4, -0.2) is 19.7 Å². The van der Waals surface area contributed by atoms with Crippen molar-refractivity contribution in [1.82, 2.24) is 19.7 Å². The van der Waals surface area contributed by atoms with Crippen molar-refractivity contribution in [2.75, 3.05) is 0 Å². The zero-order valence-electron chi connectivity index (χ0n) is 16.9. The summed E-state index contributed by atoms with van der Waals surface area (Å²) in [5.41, 5.74) is 6.10. The SMILES string of the molecule is CC(C)Cn1cc(-c2ccccc2CC(c2cccnc2)c2cccnc2)cn1. The molecular formula is C25H26N4. The van der Waals surface area contributed by atoms with Crippen molar-refractivity contribution in [3.05, 3.63) is 102 Å². The van der Waals surface area contributed by atoms with Gasteiger partial charge in [0.2, 0.25) is 0 Å². The Bertz CT molecular complexity index is 999. The molecule has 0 radical (unpaired) electrons. The van der Waals surface area contributed by atoms with Gasteiger partial charge in [0.1, 0.15) is 0 Å². The minimum absolute atomic E-state index is 0.198. The molecule has 0 fully saturated rings. The molecule has 0 N–H and O–H groups in total. The normalized spacial score (nSPS) is 11.3. The van der Waals surface area contributed by atoms with Gasteiger partial charge in [0, 0.05) is 49.0 Å². The van der Waals surface area contributed by atoms with Gasteiger partial charge in [-0.15, -0.1) is 0 Å². The van der Waals surface area contributed by atoms with Crippen molar-refractivity contribution >= 4 is 0 Å². The molecule has 0 amide bonds. The lowest BCUT2D eigenvalue weighted by molar-refractivity contribution is 0.483. The molecule has 1 aromatic carbocycles. The average molecular weight is 383 g/mol. The Kier molecular flexibility index (Phi) is 5.80. The number of rotatable bonds is 7. The summed E-state index contributed by atoms with van der Waals surface area (Å²) in [6, 6.07) is 16.9. The maximum atomic E-state index is 4.57. The number of hydrogen-bond acceptors (Lipinski definition) is 3. The third-order valence-electron chi connectivity index (χ3n) is 5.11. The molecule has 146 valence electrons. The largest absolute Gasteiger partial charge is 0.272 e. The van der Waals surface area contributed by atoms with E-state index in [9.17, 15) is 0 Å². The van der Waals surface area contributed by atoms with E-state index in [0.29, 0.717) is 5.92 Å². The number of aromatic nitrogens is 4. The first-order chi connectivity index (χ1) is 14.2. The quantitative estimate of drug-likeness (QED) is 0.431. The van der Waals surface area contributed by atoms with E-state index >= 15 is 0 Å². The van der Waals surface area contributed by atoms with E-state index in [1.54, 1.807) is 0 Å². The maximum Gasteiger partial charge on any atom is 0.0568 e. The van der Waals surface area contributed by atoms with E-state index < -0.39 is 0 Å². The highest BCUT2D eigenvalue weighted by molar-refractivity contribution is 5.66. The molecule has 0 saturated heterocycles. The van der Waals surface area contributed by atoms with Gasteiger partial charge in [-0.05, 0) is 46.7 Å². The lowest BCUT2D eigenvalue weighted by Crippen LogP contribution is -2.07. The predicted molar refractivity (Wildman–Crippen MR) is 117 cm³/mol. The molecule has 0 unspecified atom stereocenters. The Morgan fingerprint density at radius 1 is 0.828 bits per heavy atom. The zero-order chi connectivity index (χ0) is 20.1. The van der Waals surface area contributed by atoms with Crippen LogP contribution >= 0.6 is 0 Å². The molecule has 4 rings (SSSR count). The molecular weight excluding hydrogens is 356 g/mol. The summed E-state index contributed by atoms with van der Waals surface area (Å²) in [5, 5.41) is 4.57. The second kappa shape index (κ2) is 8.82. The molecule has 29 heavy (non-hydrogen) atoms. The first-order valence-corrected chi connectivity index (χ1v) is 10.1. The van der Waals surface area contributed by atoms with E-state index in [2.05, 4.69) is 71.5 Å². The Morgan fingerprint density at radius 3 is 2.14 bits per heavy atom. The highest BCUT2D eigenvalue weighted by Crippen LogP contribution is 2.32. The second-order valence-corrected chi connectivity index (χ2v) is 7.83. The predicted octanol–water partition coefficient (Wildman–Crippen LogP) is 5.37. The zero-order valence-corrected chi connectivity index (χ0v) is 16.9. The van der Waals surface area contributed by atoms with Crippen molar-refractivity contribution in [3.8, 4) is 11.1 Å². The first-order valence-electron chi connectivity index (χ1n) is 10.1. The summed E-state index contributed by atoms with van der Waals surface area (Å²) in [6.07, 6.45) is 12.6. The number of benzene rings is 1. The van der Waals surface area contributed by atoms with Gasteiger partial charge in [-0.25, -0.2) is 0 Å². The van der Waals surface area contributed by atoms with Crippen molar-refractivity contribution in [1.29, 1.82) is 0 Å². The minimum atomic E-state index is 0.198. The van der Waals surface area contributed by atoms with Crippen LogP contribution in [0, 0.1) is 5.92 Å². The monoisotopic (exact) mass is 382 g/mol. The molecule has 0 aliphatic heterocycles. The fourth-order valence-corrected chi connectivity index (χ4v) is 3.77. The number of nitrogens with zero attached hydrogens (tertiary/aromatic N) is 4. The summed E-state index contributed by atoms with van der Waals surface area (Å²) >= 11 is 0. The van der Waals surface area contributed by atoms with Gasteiger partial charge in [-0.3, -0.25) is 14.6 Å². The molecule has 4 nitrogen and oxygen atoms in total. The van der Waals surface area contributed by atoms with Crippen LogP contribution in [0.3, 0.4) is 0 Å². The van der Waals surface area contributed by atoms with Crippen LogP contribution in [0.15, 0.2) is 85.7 Å². The fourth-order valence-electron chi connectivity index (χ4n) is 3.77. The van der Waals surface area contributed by atoms with Crippen molar-refractivity contribution < 1.29 is 0 Å². The van der Waals surface area contributed by atoms with Crippen LogP contribution in [0.5, 0.6) is 0 Å². The highest BCUT2D eigenvalue weighted by atomic mass is 15.3. The molecule has 3 heterocycles. The van der Waals surface area contributed by atoms with Crippen LogP contribution in [0.1, 0.15) is 36.5 Å². The van der Waals surface area contributed by atoms with Gasteiger partial charge >= 0.3 is 0 Å². The smallest absolute Gasteiger partial charge is 0.0568 e. The number of hydrogen-bond donors (Lipinski definition) is 0. The summed E-state index contributed by atoms with van der Waals surface area (Å²) in [7, 11) is 0. The Labute approximate surface area is 172 Å². The third-order valence-corrected chi connectivity index (χ3v) is 5.11. The Hall–Kier alpha value is -3.27. The number of pyridine rings is 2. The van der Waals surface area contributed by atoms with E-state index in [1.807, 2.05) is 47.8 Å². The van der Waals surface area contributed by atoms with Gasteiger partial charge in [0.15, 0.2) is 0 Å². The lowest BCUT2D eigenvalue weighted by Gasteiger charge is -2.19. The second-order valence-electron chi connectivity index (χ2n) is 7.83. The van der Waals surface area contributed by atoms with E-state index in [1.165, 1.54) is 22.3 Å². The van der Waals surface area contributed by atoms with Gasteiger partial charge in [-0.2, -0.15) is 5.10 Å². The molecule has 0 atom stereocenters. The van der Waals surface area contributed by atoms with Crippen LogP contribution < -0.4 is 0 Å². The Balaban J connectivity index is 1.70. The third kappa shape index (κ3) is 4.60. The van der Waals surface area contributed by atoms with E-state index in [4.69, 9.17) is 0 Å². The van der Waals surface area contributed by atoms with Crippen LogP contribution in [-0.2, 0) is 13.0 Å². The molecule has 4 heteroatoms. The van der Waals surface area contributed by atoms with Crippen molar-refractivity contribution in [3.63, 3.8) is 0 Å². The molecule has 0 bridgehead atoms. The summed E-state index contributed by atoms with van der Waals surface area (Å²) < 4.78 is 2.04. The molecule has 0 saturated carbocycles. The van der Waals surface area contributed by atoms with Crippen LogP contribution in [0.4, 0.5) is 0 Å². The lowest BCUT2D eigenvalue weighted by atomic mass is 9.85. The van der Waals surface area contributed by atoms with Gasteiger partial charge < -0.3 is 0 Å². The highest BCUT2D eigenvalue weighted by Gasteiger charge is 2.18. The van der Waals surface area contributed by atoms with Gasteiger partial charge in [-0.1, -0.05) is 50.2 Å². The molecule has 0 spiro atoms. The molecule has 0 aliphatic rings. The molecule has 4 aromatic rings. The maximum absolute atomic E-state index is 4.57. The van der Waals surface area contributed by atoms with Crippen molar-refractivity contribution in [2.45, 2.75) is 32.7 Å². The summed E-state index contributed by atoms with van der Waals surface area (Å²) in [4.78, 5) is 8.70. The summed E-state index contributed by atoms with van der Waals surface area (Å²) in [5.74, 6) is 0.766. The van der Waals surface area contributed by atoms with Crippen LogP contribution in [0.2, 0.25) is 0 Å². The van der Waals surface area contributed by atoms with Crippen molar-refractivity contribution in [2.24, 2.45) is 5.92 Å². The standard InChI is InChI=1S/C25H26N4/c1-19(2)17-29-18-23(16-28-29)24-10-4-3-7-20(24)13-25(21-8-5-11-26-14-21)22-9-6-12-27-15-22/h3-12,14-16,18-19,25H,13,17H2,1-2H3. The van der Waals surface area contributed by atoms with Crippen LogP contribution in [0.25, 0.3) is 11.1 Å². The topological polar surface area (TPSA) is 43.6 Å². The van der Waals surface area contributed by atoms with E-state index in [-0.39, 0.29) is 5.92 Å².